The summed E-state index contributed by atoms with van der Waals surface area (Å²) in [5.74, 6) is -0.200. The molecule has 8 heteroatoms. The molecule has 168 valence electrons. The maximum absolute atomic E-state index is 13.4. The SMILES string of the molecule is CC1(C)CN(C(=O)C2(O)CC2)CCN1C(O)c1ccc(-c2nc3ccc(F)cc3o2)cc1. The largest absolute Gasteiger partial charge is 0.436 e. The molecule has 1 aromatic heterocycles. The van der Waals surface area contributed by atoms with Gasteiger partial charge >= 0.3 is 0 Å². The Labute approximate surface area is 185 Å². The van der Waals surface area contributed by atoms with Gasteiger partial charge in [-0.15, -0.1) is 0 Å². The van der Waals surface area contributed by atoms with Crippen molar-refractivity contribution < 1.29 is 23.8 Å². The summed E-state index contributed by atoms with van der Waals surface area (Å²) in [7, 11) is 0. The van der Waals surface area contributed by atoms with E-state index < -0.39 is 17.4 Å². The van der Waals surface area contributed by atoms with Gasteiger partial charge in [-0.3, -0.25) is 9.69 Å². The van der Waals surface area contributed by atoms with Crippen LogP contribution in [0.25, 0.3) is 22.6 Å². The first-order chi connectivity index (χ1) is 15.2. The second-order valence-electron chi connectivity index (χ2n) is 9.39. The Bertz CT molecular complexity index is 1170. The third-order valence-corrected chi connectivity index (χ3v) is 6.48. The fourth-order valence-electron chi connectivity index (χ4n) is 4.42. The van der Waals surface area contributed by atoms with E-state index in [2.05, 4.69) is 4.98 Å². The summed E-state index contributed by atoms with van der Waals surface area (Å²) in [5, 5.41) is 21.2. The minimum atomic E-state index is -1.18. The van der Waals surface area contributed by atoms with E-state index in [4.69, 9.17) is 4.42 Å². The smallest absolute Gasteiger partial charge is 0.254 e. The van der Waals surface area contributed by atoms with Crippen molar-refractivity contribution in [2.24, 2.45) is 0 Å². The van der Waals surface area contributed by atoms with Crippen molar-refractivity contribution in [2.45, 2.75) is 44.1 Å². The van der Waals surface area contributed by atoms with Gasteiger partial charge in [0.2, 0.25) is 5.89 Å². The van der Waals surface area contributed by atoms with Crippen molar-refractivity contribution in [2.75, 3.05) is 19.6 Å². The molecule has 2 heterocycles. The highest BCUT2D eigenvalue weighted by atomic mass is 19.1. The lowest BCUT2D eigenvalue weighted by Crippen LogP contribution is -2.62. The predicted octanol–water partition coefficient (Wildman–Crippen LogP) is 3.07. The van der Waals surface area contributed by atoms with Gasteiger partial charge in [0.15, 0.2) is 5.58 Å². The van der Waals surface area contributed by atoms with Crippen LogP contribution in [-0.2, 0) is 4.79 Å². The number of benzene rings is 2. The number of aromatic nitrogens is 1. The van der Waals surface area contributed by atoms with Crippen LogP contribution in [0, 0.1) is 5.82 Å². The molecule has 3 aromatic rings. The highest BCUT2D eigenvalue weighted by molar-refractivity contribution is 5.88. The molecule has 0 radical (unpaired) electrons. The molecule has 1 atom stereocenters. The molecule has 7 nitrogen and oxygen atoms in total. The predicted molar refractivity (Wildman–Crippen MR) is 116 cm³/mol. The highest BCUT2D eigenvalue weighted by Gasteiger charge is 2.52. The number of carbonyl (C=O) groups is 1. The molecule has 1 saturated heterocycles. The Morgan fingerprint density at radius 1 is 1.16 bits per heavy atom. The number of nitrogens with zero attached hydrogens (tertiary/aromatic N) is 3. The number of oxazole rings is 1. The molecule has 1 saturated carbocycles. The normalized spacial score (nSPS) is 21.0. The molecule has 1 aliphatic heterocycles. The first-order valence-corrected chi connectivity index (χ1v) is 10.8. The zero-order valence-corrected chi connectivity index (χ0v) is 18.1. The molecule has 2 fully saturated rings. The van der Waals surface area contributed by atoms with Gasteiger partial charge in [-0.2, -0.15) is 0 Å². The third-order valence-electron chi connectivity index (χ3n) is 6.48. The maximum atomic E-state index is 13.4. The Hall–Kier alpha value is -2.81. The molecular formula is C24H26FN3O4. The third kappa shape index (κ3) is 3.68. The van der Waals surface area contributed by atoms with E-state index in [-0.39, 0.29) is 11.7 Å². The van der Waals surface area contributed by atoms with Crippen LogP contribution in [0.15, 0.2) is 46.9 Å². The van der Waals surface area contributed by atoms with Crippen LogP contribution < -0.4 is 0 Å². The monoisotopic (exact) mass is 439 g/mol. The number of amides is 1. The Balaban J connectivity index is 1.32. The molecular weight excluding hydrogens is 413 g/mol. The zero-order chi connectivity index (χ0) is 22.7. The van der Waals surface area contributed by atoms with Crippen LogP contribution in [0.1, 0.15) is 38.5 Å². The summed E-state index contributed by atoms with van der Waals surface area (Å²) >= 11 is 0. The molecule has 0 spiro atoms. The van der Waals surface area contributed by atoms with E-state index >= 15 is 0 Å². The second-order valence-corrected chi connectivity index (χ2v) is 9.39. The summed E-state index contributed by atoms with van der Waals surface area (Å²) in [6.07, 6.45) is 0.200. The second kappa shape index (κ2) is 7.37. The van der Waals surface area contributed by atoms with Crippen LogP contribution >= 0.6 is 0 Å². The van der Waals surface area contributed by atoms with Crippen molar-refractivity contribution in [1.82, 2.24) is 14.8 Å². The van der Waals surface area contributed by atoms with Gasteiger partial charge in [0.1, 0.15) is 23.2 Å². The van der Waals surface area contributed by atoms with Crippen molar-refractivity contribution in [3.05, 3.63) is 53.8 Å². The Morgan fingerprint density at radius 2 is 1.88 bits per heavy atom. The van der Waals surface area contributed by atoms with Crippen LogP contribution in [0.2, 0.25) is 0 Å². The minimum Gasteiger partial charge on any atom is -0.436 e. The van der Waals surface area contributed by atoms with E-state index in [1.54, 1.807) is 11.0 Å². The number of aliphatic hydroxyl groups excluding tert-OH is 1. The first-order valence-electron chi connectivity index (χ1n) is 10.8. The summed E-state index contributed by atoms with van der Waals surface area (Å²) in [4.78, 5) is 20.6. The lowest BCUT2D eigenvalue weighted by atomic mass is 9.96. The zero-order valence-electron chi connectivity index (χ0n) is 18.1. The van der Waals surface area contributed by atoms with Crippen LogP contribution in [-0.4, -0.2) is 61.7 Å². The topological polar surface area (TPSA) is 90.0 Å². The maximum Gasteiger partial charge on any atom is 0.254 e. The van der Waals surface area contributed by atoms with Crippen molar-refractivity contribution >= 4 is 17.0 Å². The molecule has 2 aromatic carbocycles. The summed E-state index contributed by atoms with van der Waals surface area (Å²) < 4.78 is 19.1. The van der Waals surface area contributed by atoms with Gasteiger partial charge in [-0.05, 0) is 56.5 Å². The number of rotatable bonds is 4. The summed E-state index contributed by atoms with van der Waals surface area (Å²) in [6, 6.07) is 11.5. The van der Waals surface area contributed by atoms with Gasteiger partial charge in [-0.25, -0.2) is 9.37 Å². The molecule has 5 rings (SSSR count). The number of halogens is 1. The van der Waals surface area contributed by atoms with Crippen LogP contribution in [0.4, 0.5) is 4.39 Å². The number of fused-ring (bicyclic) bond motifs is 1. The molecule has 0 bridgehead atoms. The van der Waals surface area contributed by atoms with E-state index in [9.17, 15) is 19.4 Å². The average Bonchev–Trinajstić information content (AvgIpc) is 3.37. The Kier molecular flexibility index (Phi) is 4.85. The van der Waals surface area contributed by atoms with Gasteiger partial charge in [0.05, 0.1) is 0 Å². The lowest BCUT2D eigenvalue weighted by molar-refractivity contribution is -0.154. The van der Waals surface area contributed by atoms with E-state index in [0.717, 1.165) is 5.56 Å². The number of hydrogen-bond acceptors (Lipinski definition) is 6. The van der Waals surface area contributed by atoms with E-state index in [0.29, 0.717) is 55.0 Å². The summed E-state index contributed by atoms with van der Waals surface area (Å²) in [6.45, 7) is 5.35. The minimum absolute atomic E-state index is 0.206. The number of hydrogen-bond donors (Lipinski definition) is 2. The standard InChI is InChI=1S/C24H26FN3O4/c1-23(2)14-27(22(30)24(31)9-10-24)11-12-28(23)21(29)16-5-3-15(4-6-16)20-26-18-8-7-17(25)13-19(18)32-20/h3-8,13,21,29,31H,9-12,14H2,1-2H3. The number of piperazine rings is 1. The summed E-state index contributed by atoms with van der Waals surface area (Å²) in [5.41, 5.74) is 0.754. The van der Waals surface area contributed by atoms with Crippen molar-refractivity contribution in [3.63, 3.8) is 0 Å². The van der Waals surface area contributed by atoms with Crippen molar-refractivity contribution in [1.29, 1.82) is 0 Å². The fraction of sp³-hybridized carbons (Fsp3) is 0.417. The lowest BCUT2D eigenvalue weighted by Gasteiger charge is -2.49. The van der Waals surface area contributed by atoms with Crippen LogP contribution in [0.3, 0.4) is 0 Å². The van der Waals surface area contributed by atoms with Crippen LogP contribution in [0.5, 0.6) is 0 Å². The number of carbonyl (C=O) groups excluding carboxylic acids is 1. The van der Waals surface area contributed by atoms with Gasteiger partial charge in [0, 0.05) is 36.8 Å². The van der Waals surface area contributed by atoms with Gasteiger partial charge in [-0.1, -0.05) is 12.1 Å². The van der Waals surface area contributed by atoms with Gasteiger partial charge in [0.25, 0.3) is 5.91 Å². The number of aliphatic hydroxyl groups is 2. The molecule has 1 unspecified atom stereocenters. The average molecular weight is 439 g/mol. The molecule has 32 heavy (non-hydrogen) atoms. The van der Waals surface area contributed by atoms with E-state index in [1.165, 1.54) is 12.1 Å². The molecule has 2 N–H and O–H groups in total. The molecule has 2 aliphatic rings. The molecule has 1 aliphatic carbocycles. The quantitative estimate of drug-likeness (QED) is 0.650. The first kappa shape index (κ1) is 21.1. The molecule has 1 amide bonds. The van der Waals surface area contributed by atoms with Gasteiger partial charge < -0.3 is 19.5 Å². The van der Waals surface area contributed by atoms with Crippen molar-refractivity contribution in [3.8, 4) is 11.5 Å². The van der Waals surface area contributed by atoms with E-state index in [1.807, 2.05) is 43.0 Å². The highest BCUT2D eigenvalue weighted by Crippen LogP contribution is 2.39. The fourth-order valence-corrected chi connectivity index (χ4v) is 4.42. The Morgan fingerprint density at radius 3 is 2.53 bits per heavy atom.